The summed E-state index contributed by atoms with van der Waals surface area (Å²) in [5.41, 5.74) is 0. The average molecular weight is 254 g/mol. The Kier molecular flexibility index (Phi) is 3.54. The SMILES string of the molecule is CCN(CC(=O)O)C(=O)C1CC(=O)N(C2CC2)C1. The first-order valence-corrected chi connectivity index (χ1v) is 6.33. The molecule has 1 N–H and O–H groups in total. The first kappa shape index (κ1) is 12.9. The number of hydrogen-bond acceptors (Lipinski definition) is 3. The molecule has 1 unspecified atom stereocenters. The number of carbonyl (C=O) groups excluding carboxylic acids is 2. The van der Waals surface area contributed by atoms with Crippen molar-refractivity contribution < 1.29 is 19.5 Å². The van der Waals surface area contributed by atoms with E-state index in [-0.39, 0.29) is 30.7 Å². The maximum Gasteiger partial charge on any atom is 0.323 e. The second-order valence-electron chi connectivity index (χ2n) is 4.92. The van der Waals surface area contributed by atoms with Crippen LogP contribution >= 0.6 is 0 Å². The van der Waals surface area contributed by atoms with E-state index in [1.807, 2.05) is 0 Å². The Labute approximate surface area is 106 Å². The maximum absolute atomic E-state index is 12.1. The van der Waals surface area contributed by atoms with E-state index in [9.17, 15) is 14.4 Å². The molecule has 100 valence electrons. The molecule has 2 amide bonds. The molecule has 1 saturated heterocycles. The van der Waals surface area contributed by atoms with Crippen LogP contribution in [0.5, 0.6) is 0 Å². The third-order valence-electron chi connectivity index (χ3n) is 3.51. The van der Waals surface area contributed by atoms with Crippen molar-refractivity contribution in [2.45, 2.75) is 32.2 Å². The van der Waals surface area contributed by atoms with E-state index in [0.717, 1.165) is 12.8 Å². The highest BCUT2D eigenvalue weighted by atomic mass is 16.4. The molecule has 0 aromatic carbocycles. The van der Waals surface area contributed by atoms with Crippen molar-refractivity contribution in [3.05, 3.63) is 0 Å². The van der Waals surface area contributed by atoms with E-state index in [2.05, 4.69) is 0 Å². The van der Waals surface area contributed by atoms with Gasteiger partial charge in [0.05, 0.1) is 5.92 Å². The third kappa shape index (κ3) is 2.63. The van der Waals surface area contributed by atoms with Crippen molar-refractivity contribution in [1.82, 2.24) is 9.80 Å². The summed E-state index contributed by atoms with van der Waals surface area (Å²) in [6.45, 7) is 2.28. The van der Waals surface area contributed by atoms with Crippen LogP contribution in [0.2, 0.25) is 0 Å². The van der Waals surface area contributed by atoms with Gasteiger partial charge in [-0.1, -0.05) is 0 Å². The van der Waals surface area contributed by atoms with Gasteiger partial charge in [0.1, 0.15) is 6.54 Å². The van der Waals surface area contributed by atoms with Crippen LogP contribution in [0.15, 0.2) is 0 Å². The first-order chi connectivity index (χ1) is 8.52. The minimum atomic E-state index is -1.02. The van der Waals surface area contributed by atoms with Crippen LogP contribution in [0.25, 0.3) is 0 Å². The number of carboxylic acid groups (broad SMARTS) is 1. The molecule has 1 heterocycles. The van der Waals surface area contributed by atoms with E-state index >= 15 is 0 Å². The van der Waals surface area contributed by atoms with Gasteiger partial charge in [0, 0.05) is 25.6 Å². The Morgan fingerprint density at radius 1 is 1.44 bits per heavy atom. The van der Waals surface area contributed by atoms with Gasteiger partial charge in [-0.25, -0.2) is 0 Å². The molecule has 6 heteroatoms. The van der Waals surface area contributed by atoms with Gasteiger partial charge >= 0.3 is 5.97 Å². The molecule has 1 saturated carbocycles. The third-order valence-corrected chi connectivity index (χ3v) is 3.51. The minimum absolute atomic E-state index is 0.0298. The number of nitrogens with zero attached hydrogens (tertiary/aromatic N) is 2. The van der Waals surface area contributed by atoms with Gasteiger partial charge in [-0.05, 0) is 19.8 Å². The molecular weight excluding hydrogens is 236 g/mol. The van der Waals surface area contributed by atoms with Crippen LogP contribution in [0.3, 0.4) is 0 Å². The van der Waals surface area contributed by atoms with Gasteiger partial charge in [0.2, 0.25) is 11.8 Å². The lowest BCUT2D eigenvalue weighted by Gasteiger charge is -2.22. The predicted octanol–water partition coefficient (Wildman–Crippen LogP) is -0.0696. The van der Waals surface area contributed by atoms with E-state index in [4.69, 9.17) is 5.11 Å². The molecule has 0 radical (unpaired) electrons. The van der Waals surface area contributed by atoms with Gasteiger partial charge in [-0.2, -0.15) is 0 Å². The zero-order valence-corrected chi connectivity index (χ0v) is 10.5. The number of hydrogen-bond donors (Lipinski definition) is 1. The zero-order chi connectivity index (χ0) is 13.3. The van der Waals surface area contributed by atoms with Gasteiger partial charge in [0.15, 0.2) is 0 Å². The lowest BCUT2D eigenvalue weighted by molar-refractivity contribution is -0.146. The molecule has 1 atom stereocenters. The fraction of sp³-hybridized carbons (Fsp3) is 0.750. The summed E-state index contributed by atoms with van der Waals surface area (Å²) < 4.78 is 0. The highest BCUT2D eigenvalue weighted by Gasteiger charge is 2.42. The van der Waals surface area contributed by atoms with Crippen molar-refractivity contribution in [2.24, 2.45) is 5.92 Å². The molecule has 18 heavy (non-hydrogen) atoms. The molecule has 0 bridgehead atoms. The van der Waals surface area contributed by atoms with E-state index in [0.29, 0.717) is 19.1 Å². The van der Waals surface area contributed by atoms with Gasteiger partial charge in [-0.3, -0.25) is 14.4 Å². The lowest BCUT2D eigenvalue weighted by Crippen LogP contribution is -2.40. The van der Waals surface area contributed by atoms with Gasteiger partial charge < -0.3 is 14.9 Å². The van der Waals surface area contributed by atoms with Crippen LogP contribution in [0.1, 0.15) is 26.2 Å². The first-order valence-electron chi connectivity index (χ1n) is 6.33. The smallest absolute Gasteiger partial charge is 0.323 e. The fourth-order valence-corrected chi connectivity index (χ4v) is 2.40. The standard InChI is InChI=1S/C12H18N2O4/c1-2-13(7-11(16)17)12(18)8-5-10(15)14(6-8)9-3-4-9/h8-9H,2-7H2,1H3,(H,16,17). The summed E-state index contributed by atoms with van der Waals surface area (Å²) in [6, 6.07) is 0.324. The number of likely N-dealkylation sites (N-methyl/N-ethyl adjacent to an activating group) is 1. The predicted molar refractivity (Wildman–Crippen MR) is 62.7 cm³/mol. The molecule has 0 aromatic heterocycles. The second-order valence-corrected chi connectivity index (χ2v) is 4.92. The average Bonchev–Trinajstić information content (AvgIpc) is 3.08. The van der Waals surface area contributed by atoms with E-state index in [1.54, 1.807) is 11.8 Å². The summed E-state index contributed by atoms with van der Waals surface area (Å²) >= 11 is 0. The summed E-state index contributed by atoms with van der Waals surface area (Å²) in [5.74, 6) is -1.57. The van der Waals surface area contributed by atoms with Crippen LogP contribution < -0.4 is 0 Å². The van der Waals surface area contributed by atoms with Crippen molar-refractivity contribution >= 4 is 17.8 Å². The largest absolute Gasteiger partial charge is 0.480 e. The van der Waals surface area contributed by atoms with Gasteiger partial charge in [0.25, 0.3) is 0 Å². The Morgan fingerprint density at radius 3 is 2.61 bits per heavy atom. The molecule has 0 aromatic rings. The highest BCUT2D eigenvalue weighted by molar-refractivity contribution is 5.90. The second kappa shape index (κ2) is 4.96. The molecule has 1 aliphatic heterocycles. The monoisotopic (exact) mass is 254 g/mol. The zero-order valence-electron chi connectivity index (χ0n) is 10.5. The van der Waals surface area contributed by atoms with Crippen molar-refractivity contribution in [3.8, 4) is 0 Å². The molecule has 6 nitrogen and oxygen atoms in total. The topological polar surface area (TPSA) is 77.9 Å². The normalized spacial score (nSPS) is 23.3. The van der Waals surface area contributed by atoms with Crippen LogP contribution in [-0.4, -0.2) is 58.4 Å². The number of amides is 2. The van der Waals surface area contributed by atoms with Crippen LogP contribution in [-0.2, 0) is 14.4 Å². The van der Waals surface area contributed by atoms with E-state index in [1.165, 1.54) is 4.90 Å². The number of carbonyl (C=O) groups is 3. The summed E-state index contributed by atoms with van der Waals surface area (Å²) in [4.78, 5) is 37.6. The molecule has 2 fully saturated rings. The van der Waals surface area contributed by atoms with E-state index < -0.39 is 5.97 Å². The van der Waals surface area contributed by atoms with Crippen molar-refractivity contribution in [3.63, 3.8) is 0 Å². The lowest BCUT2D eigenvalue weighted by atomic mass is 10.1. The number of likely N-dealkylation sites (tertiary alicyclic amines) is 1. The molecule has 1 aliphatic carbocycles. The number of aliphatic carboxylic acids is 1. The maximum atomic E-state index is 12.1. The fourth-order valence-electron chi connectivity index (χ4n) is 2.40. The molecule has 2 aliphatic rings. The Morgan fingerprint density at radius 2 is 2.11 bits per heavy atom. The molecule has 2 rings (SSSR count). The Bertz CT molecular complexity index is 378. The summed E-state index contributed by atoms with van der Waals surface area (Å²) in [7, 11) is 0. The Balaban J connectivity index is 1.96. The molecular formula is C12H18N2O4. The number of carboxylic acids is 1. The van der Waals surface area contributed by atoms with Crippen LogP contribution in [0.4, 0.5) is 0 Å². The Hall–Kier alpha value is -1.59. The summed E-state index contributed by atoms with van der Waals surface area (Å²) in [5, 5.41) is 8.74. The minimum Gasteiger partial charge on any atom is -0.480 e. The van der Waals surface area contributed by atoms with Crippen LogP contribution in [0, 0.1) is 5.92 Å². The highest BCUT2D eigenvalue weighted by Crippen LogP contribution is 2.33. The van der Waals surface area contributed by atoms with Gasteiger partial charge in [-0.15, -0.1) is 0 Å². The quantitative estimate of drug-likeness (QED) is 0.745. The van der Waals surface area contributed by atoms with Crippen molar-refractivity contribution in [1.29, 1.82) is 0 Å². The number of rotatable bonds is 5. The molecule has 0 spiro atoms. The summed E-state index contributed by atoms with van der Waals surface area (Å²) in [6.07, 6.45) is 2.28. The van der Waals surface area contributed by atoms with Crippen molar-refractivity contribution in [2.75, 3.05) is 19.6 Å².